The zero-order valence-electron chi connectivity index (χ0n) is 8.45. The number of amides is 1. The highest BCUT2D eigenvalue weighted by molar-refractivity contribution is 5.73. The fourth-order valence-electron chi connectivity index (χ4n) is 1.41. The second-order valence-electron chi connectivity index (χ2n) is 3.43. The Labute approximate surface area is 83.8 Å². The van der Waals surface area contributed by atoms with E-state index in [1.165, 1.54) is 6.92 Å². The summed E-state index contributed by atoms with van der Waals surface area (Å²) in [7, 11) is 0. The van der Waals surface area contributed by atoms with Crippen molar-refractivity contribution in [2.24, 2.45) is 0 Å². The molecule has 3 nitrogen and oxygen atoms in total. The zero-order chi connectivity index (χ0) is 10.6. The Kier molecular flexibility index (Phi) is 3.51. The lowest BCUT2D eigenvalue weighted by molar-refractivity contribution is -0.119. The maximum absolute atomic E-state index is 10.8. The molecule has 1 atom stereocenters. The molecule has 1 aromatic carbocycles. The second kappa shape index (κ2) is 4.65. The Hall–Kier alpha value is -1.51. The lowest BCUT2D eigenvalue weighted by Gasteiger charge is -2.12. The van der Waals surface area contributed by atoms with Crippen LogP contribution >= 0.6 is 0 Å². The second-order valence-corrected chi connectivity index (χ2v) is 3.43. The van der Waals surface area contributed by atoms with Crippen molar-refractivity contribution in [3.05, 3.63) is 29.8 Å². The molecule has 0 fully saturated rings. The minimum Gasteiger partial charge on any atom is -0.508 e. The third kappa shape index (κ3) is 3.09. The van der Waals surface area contributed by atoms with Crippen molar-refractivity contribution in [2.75, 3.05) is 0 Å². The molecule has 76 valence electrons. The monoisotopic (exact) mass is 193 g/mol. The summed E-state index contributed by atoms with van der Waals surface area (Å²) in [6.45, 7) is 3.40. The zero-order valence-corrected chi connectivity index (χ0v) is 8.45. The lowest BCUT2D eigenvalue weighted by atomic mass is 10.1. The molecule has 3 heteroatoms. The molecule has 0 saturated carbocycles. The van der Waals surface area contributed by atoms with E-state index in [9.17, 15) is 9.90 Å². The van der Waals surface area contributed by atoms with Gasteiger partial charge in [-0.1, -0.05) is 18.2 Å². The Bertz CT molecular complexity index is 323. The third-order valence-electron chi connectivity index (χ3n) is 1.97. The van der Waals surface area contributed by atoms with Crippen molar-refractivity contribution >= 4 is 5.91 Å². The lowest BCUT2D eigenvalue weighted by Crippen LogP contribution is -2.32. The molecular formula is C11H15NO2. The van der Waals surface area contributed by atoms with Gasteiger partial charge in [0.1, 0.15) is 5.75 Å². The van der Waals surface area contributed by atoms with Crippen molar-refractivity contribution in [2.45, 2.75) is 26.3 Å². The number of phenols is 1. The van der Waals surface area contributed by atoms with Gasteiger partial charge in [-0.15, -0.1) is 0 Å². The minimum atomic E-state index is -0.0482. The number of benzene rings is 1. The molecule has 0 aliphatic carbocycles. The van der Waals surface area contributed by atoms with Crippen molar-refractivity contribution in [3.63, 3.8) is 0 Å². The van der Waals surface area contributed by atoms with Gasteiger partial charge in [0.25, 0.3) is 0 Å². The summed E-state index contributed by atoms with van der Waals surface area (Å²) in [5.74, 6) is 0.234. The van der Waals surface area contributed by atoms with Crippen LogP contribution < -0.4 is 5.32 Å². The maximum atomic E-state index is 10.8. The summed E-state index contributed by atoms with van der Waals surface area (Å²) >= 11 is 0. The van der Waals surface area contributed by atoms with Crippen LogP contribution in [0.2, 0.25) is 0 Å². The molecular weight excluding hydrogens is 178 g/mol. The van der Waals surface area contributed by atoms with E-state index in [1.807, 2.05) is 19.1 Å². The molecule has 0 saturated heterocycles. The van der Waals surface area contributed by atoms with Gasteiger partial charge in [-0.05, 0) is 25.0 Å². The number of aromatic hydroxyl groups is 1. The van der Waals surface area contributed by atoms with Crippen LogP contribution in [0.15, 0.2) is 24.3 Å². The van der Waals surface area contributed by atoms with Crippen molar-refractivity contribution in [1.29, 1.82) is 0 Å². The van der Waals surface area contributed by atoms with E-state index in [-0.39, 0.29) is 17.7 Å². The Morgan fingerprint density at radius 3 is 2.71 bits per heavy atom. The van der Waals surface area contributed by atoms with Gasteiger partial charge in [0.05, 0.1) is 0 Å². The number of carbonyl (C=O) groups is 1. The number of hydrogen-bond donors (Lipinski definition) is 2. The van der Waals surface area contributed by atoms with Gasteiger partial charge in [0.2, 0.25) is 5.91 Å². The highest BCUT2D eigenvalue weighted by Crippen LogP contribution is 2.16. The molecule has 0 aliphatic heterocycles. The first-order chi connectivity index (χ1) is 6.59. The summed E-state index contributed by atoms with van der Waals surface area (Å²) in [5, 5.41) is 12.2. The van der Waals surface area contributed by atoms with Crippen LogP contribution in [0, 0.1) is 0 Å². The summed E-state index contributed by atoms with van der Waals surface area (Å²) < 4.78 is 0. The van der Waals surface area contributed by atoms with Crippen molar-refractivity contribution < 1.29 is 9.90 Å². The summed E-state index contributed by atoms with van der Waals surface area (Å²) in [6.07, 6.45) is 0.645. The largest absolute Gasteiger partial charge is 0.508 e. The van der Waals surface area contributed by atoms with Crippen LogP contribution in [-0.4, -0.2) is 17.1 Å². The van der Waals surface area contributed by atoms with Crippen LogP contribution in [0.1, 0.15) is 19.4 Å². The third-order valence-corrected chi connectivity index (χ3v) is 1.97. The SMILES string of the molecule is CC(=O)N[C@H](C)Cc1ccccc1O. The molecule has 0 aliphatic rings. The molecule has 14 heavy (non-hydrogen) atoms. The van der Waals surface area contributed by atoms with Gasteiger partial charge in [0, 0.05) is 13.0 Å². The van der Waals surface area contributed by atoms with E-state index in [0.29, 0.717) is 6.42 Å². The summed E-state index contributed by atoms with van der Waals surface area (Å²) in [4.78, 5) is 10.8. The molecule has 1 rings (SSSR count). The van der Waals surface area contributed by atoms with Gasteiger partial charge in [0.15, 0.2) is 0 Å². The smallest absolute Gasteiger partial charge is 0.217 e. The number of para-hydroxylation sites is 1. The molecule has 2 N–H and O–H groups in total. The van der Waals surface area contributed by atoms with Crippen LogP contribution in [0.5, 0.6) is 5.75 Å². The van der Waals surface area contributed by atoms with E-state index in [1.54, 1.807) is 12.1 Å². The van der Waals surface area contributed by atoms with Crippen LogP contribution in [0.25, 0.3) is 0 Å². The first kappa shape index (κ1) is 10.6. The number of nitrogens with one attached hydrogen (secondary N) is 1. The van der Waals surface area contributed by atoms with Gasteiger partial charge in [-0.25, -0.2) is 0 Å². The van der Waals surface area contributed by atoms with E-state index in [4.69, 9.17) is 0 Å². The summed E-state index contributed by atoms with van der Waals surface area (Å²) in [5.41, 5.74) is 0.855. The number of hydrogen-bond acceptors (Lipinski definition) is 2. The molecule has 0 bridgehead atoms. The molecule has 0 heterocycles. The van der Waals surface area contributed by atoms with E-state index in [2.05, 4.69) is 5.32 Å². The Morgan fingerprint density at radius 1 is 1.50 bits per heavy atom. The van der Waals surface area contributed by atoms with Gasteiger partial charge in [-0.2, -0.15) is 0 Å². The quantitative estimate of drug-likeness (QED) is 0.763. The highest BCUT2D eigenvalue weighted by Gasteiger charge is 2.07. The van der Waals surface area contributed by atoms with Crippen LogP contribution in [-0.2, 0) is 11.2 Å². The first-order valence-electron chi connectivity index (χ1n) is 4.63. The Morgan fingerprint density at radius 2 is 2.14 bits per heavy atom. The first-order valence-corrected chi connectivity index (χ1v) is 4.63. The fraction of sp³-hybridized carbons (Fsp3) is 0.364. The topological polar surface area (TPSA) is 49.3 Å². The van der Waals surface area contributed by atoms with Crippen molar-refractivity contribution in [1.82, 2.24) is 5.32 Å². The Balaban J connectivity index is 2.60. The van der Waals surface area contributed by atoms with Crippen LogP contribution in [0.3, 0.4) is 0 Å². The molecule has 0 spiro atoms. The highest BCUT2D eigenvalue weighted by atomic mass is 16.3. The number of rotatable bonds is 3. The van der Waals surface area contributed by atoms with E-state index < -0.39 is 0 Å². The van der Waals surface area contributed by atoms with Crippen molar-refractivity contribution in [3.8, 4) is 5.75 Å². The molecule has 0 radical (unpaired) electrons. The average Bonchev–Trinajstić information content (AvgIpc) is 2.07. The standard InChI is InChI=1S/C11H15NO2/c1-8(12-9(2)13)7-10-5-3-4-6-11(10)14/h3-6,8,14H,7H2,1-2H3,(H,12,13)/t8-/m1/s1. The fourth-order valence-corrected chi connectivity index (χ4v) is 1.41. The van der Waals surface area contributed by atoms with Gasteiger partial charge >= 0.3 is 0 Å². The van der Waals surface area contributed by atoms with E-state index >= 15 is 0 Å². The van der Waals surface area contributed by atoms with Gasteiger partial charge < -0.3 is 10.4 Å². The molecule has 0 aromatic heterocycles. The summed E-state index contributed by atoms with van der Waals surface area (Å²) in [6, 6.07) is 7.20. The predicted octanol–water partition coefficient (Wildman–Crippen LogP) is 1.46. The number of phenolic OH excluding ortho intramolecular Hbond substituents is 1. The van der Waals surface area contributed by atoms with Crippen LogP contribution in [0.4, 0.5) is 0 Å². The minimum absolute atomic E-state index is 0.0424. The van der Waals surface area contributed by atoms with Gasteiger partial charge in [-0.3, -0.25) is 4.79 Å². The molecule has 1 amide bonds. The molecule has 1 aromatic rings. The molecule has 0 unspecified atom stereocenters. The predicted molar refractivity (Wildman–Crippen MR) is 55.1 cm³/mol. The number of carbonyl (C=O) groups excluding carboxylic acids is 1. The maximum Gasteiger partial charge on any atom is 0.217 e. The average molecular weight is 193 g/mol. The normalized spacial score (nSPS) is 12.1. The van der Waals surface area contributed by atoms with E-state index in [0.717, 1.165) is 5.56 Å².